The second-order valence-corrected chi connectivity index (χ2v) is 8.41. The number of hydrogen-bond donors (Lipinski definition) is 1. The predicted molar refractivity (Wildman–Crippen MR) is 128 cm³/mol. The van der Waals surface area contributed by atoms with E-state index in [2.05, 4.69) is 47.9 Å². The molecule has 1 atom stereocenters. The van der Waals surface area contributed by atoms with Crippen LogP contribution in [-0.4, -0.2) is 75.6 Å². The van der Waals surface area contributed by atoms with E-state index in [9.17, 15) is 0 Å². The van der Waals surface area contributed by atoms with Gasteiger partial charge in [-0.2, -0.15) is 10.1 Å². The Morgan fingerprint density at radius 2 is 2.06 bits per heavy atom. The fourth-order valence-electron chi connectivity index (χ4n) is 4.01. The third-order valence-electron chi connectivity index (χ3n) is 6.04. The Hall–Kier alpha value is -2.78. The van der Waals surface area contributed by atoms with Gasteiger partial charge < -0.3 is 19.9 Å². The van der Waals surface area contributed by atoms with E-state index in [1.165, 1.54) is 0 Å². The van der Waals surface area contributed by atoms with Crippen molar-refractivity contribution in [3.8, 4) is 0 Å². The number of likely N-dealkylation sites (N-methyl/N-ethyl adjacent to an activating group) is 1. The normalized spacial score (nSPS) is 17.3. The summed E-state index contributed by atoms with van der Waals surface area (Å²) in [6.45, 7) is 13.1. The third kappa shape index (κ3) is 4.68. The lowest BCUT2D eigenvalue weighted by molar-refractivity contribution is 0.137. The van der Waals surface area contributed by atoms with E-state index >= 15 is 0 Å². The number of ether oxygens (including phenoxy) is 1. The number of rotatable bonds is 8. The van der Waals surface area contributed by atoms with Gasteiger partial charge in [0.05, 0.1) is 18.8 Å². The van der Waals surface area contributed by atoms with E-state index in [1.807, 2.05) is 29.9 Å². The van der Waals surface area contributed by atoms with Gasteiger partial charge in [-0.15, -0.1) is 0 Å². The maximum atomic E-state index is 5.60. The minimum absolute atomic E-state index is 0.442. The van der Waals surface area contributed by atoms with Gasteiger partial charge >= 0.3 is 0 Å². The molecule has 0 spiro atoms. The molecule has 1 N–H and O–H groups in total. The molecule has 4 rings (SSSR count). The molecule has 9 heteroatoms. The molecule has 9 nitrogen and oxygen atoms in total. The summed E-state index contributed by atoms with van der Waals surface area (Å²) in [5, 5.41) is 8.31. The molecule has 0 radical (unpaired) electrons. The predicted octanol–water partition coefficient (Wildman–Crippen LogP) is 3.01. The summed E-state index contributed by atoms with van der Waals surface area (Å²) >= 11 is 0. The number of nitrogens with one attached hydrogen (secondary N) is 1. The fraction of sp³-hybridized carbons (Fsp3) is 0.565. The highest BCUT2D eigenvalue weighted by Gasteiger charge is 2.25. The van der Waals surface area contributed by atoms with E-state index in [0.29, 0.717) is 25.8 Å². The Balaban J connectivity index is 1.80. The second-order valence-electron chi connectivity index (χ2n) is 8.41. The molecule has 32 heavy (non-hydrogen) atoms. The van der Waals surface area contributed by atoms with E-state index in [4.69, 9.17) is 19.8 Å². The summed E-state index contributed by atoms with van der Waals surface area (Å²) in [7, 11) is 2.17. The number of anilines is 3. The number of fused-ring (bicyclic) bond motifs is 1. The molecular formula is C23H34N8O. The molecule has 0 amide bonds. The van der Waals surface area contributed by atoms with Crippen molar-refractivity contribution in [2.45, 2.75) is 46.7 Å². The van der Waals surface area contributed by atoms with Gasteiger partial charge in [-0.05, 0) is 51.9 Å². The van der Waals surface area contributed by atoms with Crippen LogP contribution >= 0.6 is 0 Å². The summed E-state index contributed by atoms with van der Waals surface area (Å²) in [4.78, 5) is 19.1. The van der Waals surface area contributed by atoms with Crippen LogP contribution < -0.4 is 10.2 Å². The zero-order valence-electron chi connectivity index (χ0n) is 19.8. The van der Waals surface area contributed by atoms with Crippen molar-refractivity contribution in [3.05, 3.63) is 29.6 Å². The van der Waals surface area contributed by atoms with Crippen LogP contribution in [0, 0.1) is 6.92 Å². The number of nitrogens with zero attached hydrogens (tertiary/aromatic N) is 7. The maximum Gasteiger partial charge on any atom is 0.228 e. The van der Waals surface area contributed by atoms with Gasteiger partial charge in [-0.3, -0.25) is 4.68 Å². The number of aromatic nitrogens is 5. The molecule has 1 aliphatic rings. The lowest BCUT2D eigenvalue weighted by Crippen LogP contribution is -2.50. The molecule has 0 aliphatic carbocycles. The molecule has 0 saturated carbocycles. The third-order valence-corrected chi connectivity index (χ3v) is 6.04. The molecule has 3 aromatic rings. The van der Waals surface area contributed by atoms with Gasteiger partial charge in [-0.25, -0.2) is 9.97 Å². The average Bonchev–Trinajstić information content (AvgIpc) is 3.14. The summed E-state index contributed by atoms with van der Waals surface area (Å²) in [6.07, 6.45) is 2.61. The van der Waals surface area contributed by atoms with Gasteiger partial charge in [0.15, 0.2) is 5.82 Å². The van der Waals surface area contributed by atoms with Crippen LogP contribution in [-0.2, 0) is 17.7 Å². The van der Waals surface area contributed by atoms with Gasteiger partial charge in [0.1, 0.15) is 16.9 Å². The number of pyridine rings is 1. The molecule has 3 aromatic heterocycles. The van der Waals surface area contributed by atoms with Crippen molar-refractivity contribution < 1.29 is 4.74 Å². The van der Waals surface area contributed by atoms with Crippen LogP contribution in [0.5, 0.6) is 0 Å². The van der Waals surface area contributed by atoms with Crippen molar-refractivity contribution in [2.24, 2.45) is 0 Å². The highest BCUT2D eigenvalue weighted by molar-refractivity contribution is 5.90. The molecule has 1 aliphatic heterocycles. The quantitative estimate of drug-likeness (QED) is 0.538. The Bertz CT molecular complexity index is 1070. The number of piperazine rings is 1. The molecule has 0 bridgehead atoms. The Kier molecular flexibility index (Phi) is 6.86. The number of aryl methyl sites for hydroxylation is 2. The van der Waals surface area contributed by atoms with Crippen molar-refractivity contribution >= 4 is 28.6 Å². The van der Waals surface area contributed by atoms with E-state index in [1.54, 1.807) is 0 Å². The Morgan fingerprint density at radius 1 is 1.22 bits per heavy atom. The molecule has 0 aromatic carbocycles. The second kappa shape index (κ2) is 9.79. The molecule has 172 valence electrons. The van der Waals surface area contributed by atoms with Crippen LogP contribution in [0.15, 0.2) is 18.3 Å². The van der Waals surface area contributed by atoms with Crippen LogP contribution in [0.3, 0.4) is 0 Å². The minimum atomic E-state index is 0.442. The fourth-order valence-corrected chi connectivity index (χ4v) is 4.01. The maximum absolute atomic E-state index is 5.60. The summed E-state index contributed by atoms with van der Waals surface area (Å²) < 4.78 is 7.57. The van der Waals surface area contributed by atoms with Crippen LogP contribution in [0.25, 0.3) is 11.0 Å². The van der Waals surface area contributed by atoms with Gasteiger partial charge in [0.25, 0.3) is 0 Å². The van der Waals surface area contributed by atoms with Crippen LogP contribution in [0.4, 0.5) is 17.6 Å². The monoisotopic (exact) mass is 438 g/mol. The molecule has 1 unspecified atom stereocenters. The van der Waals surface area contributed by atoms with Gasteiger partial charge in [0, 0.05) is 38.5 Å². The molecule has 1 saturated heterocycles. The highest BCUT2D eigenvalue weighted by Crippen LogP contribution is 2.29. The lowest BCUT2D eigenvalue weighted by atomic mass is 10.2. The van der Waals surface area contributed by atoms with E-state index in [0.717, 1.165) is 65.9 Å². The zero-order chi connectivity index (χ0) is 22.7. The van der Waals surface area contributed by atoms with Crippen LogP contribution in [0.1, 0.15) is 32.0 Å². The molecular weight excluding hydrogens is 404 g/mol. The Labute approximate surface area is 189 Å². The SMILES string of the molecule is CCOCCn1nc(CC)c2nc(N3CCN(C)C(C)C3)nc(Nc3cc(C)ccn3)c21. The zero-order valence-corrected chi connectivity index (χ0v) is 19.8. The lowest BCUT2D eigenvalue weighted by Gasteiger charge is -2.37. The largest absolute Gasteiger partial charge is 0.380 e. The first-order valence-electron chi connectivity index (χ1n) is 11.5. The first kappa shape index (κ1) is 22.4. The minimum Gasteiger partial charge on any atom is -0.380 e. The van der Waals surface area contributed by atoms with Crippen molar-refractivity contribution in [3.63, 3.8) is 0 Å². The van der Waals surface area contributed by atoms with E-state index < -0.39 is 0 Å². The first-order chi connectivity index (χ1) is 15.5. The van der Waals surface area contributed by atoms with Crippen molar-refractivity contribution in [1.29, 1.82) is 0 Å². The summed E-state index contributed by atoms with van der Waals surface area (Å²) in [5.74, 6) is 2.24. The average molecular weight is 439 g/mol. The van der Waals surface area contributed by atoms with Gasteiger partial charge in [-0.1, -0.05) is 6.92 Å². The number of hydrogen-bond acceptors (Lipinski definition) is 8. The van der Waals surface area contributed by atoms with Crippen LogP contribution in [0.2, 0.25) is 0 Å². The van der Waals surface area contributed by atoms with E-state index in [-0.39, 0.29) is 0 Å². The first-order valence-corrected chi connectivity index (χ1v) is 11.5. The molecule has 4 heterocycles. The topological polar surface area (TPSA) is 84.2 Å². The van der Waals surface area contributed by atoms with Gasteiger partial charge in [0.2, 0.25) is 5.95 Å². The van der Waals surface area contributed by atoms with Crippen molar-refractivity contribution in [2.75, 3.05) is 50.1 Å². The smallest absolute Gasteiger partial charge is 0.228 e. The summed E-state index contributed by atoms with van der Waals surface area (Å²) in [5.41, 5.74) is 3.91. The highest BCUT2D eigenvalue weighted by atomic mass is 16.5. The Morgan fingerprint density at radius 3 is 2.78 bits per heavy atom. The standard InChI is InChI=1S/C23H34N8O/c1-6-18-20-21(31(28-18)12-13-32-7-2)22(25-19-14-16(3)8-9-24-19)27-23(26-20)30-11-10-29(5)17(4)15-30/h8-9,14,17H,6-7,10-13,15H2,1-5H3,(H,24,25,26,27). The molecule has 1 fully saturated rings. The summed E-state index contributed by atoms with van der Waals surface area (Å²) in [6, 6.07) is 4.45. The van der Waals surface area contributed by atoms with Crippen molar-refractivity contribution in [1.82, 2.24) is 29.6 Å².